The summed E-state index contributed by atoms with van der Waals surface area (Å²) in [5.41, 5.74) is -2.99. The monoisotopic (exact) mass is 564 g/mol. The molecule has 0 heterocycles. The van der Waals surface area contributed by atoms with Gasteiger partial charge in [-0.2, -0.15) is 26.3 Å². The maximum Gasteiger partial charge on any atom is 0.450 e. The van der Waals surface area contributed by atoms with Gasteiger partial charge >= 0.3 is 12.4 Å². The Morgan fingerprint density at radius 3 is 1.59 bits per heavy atom. The van der Waals surface area contributed by atoms with E-state index in [0.717, 1.165) is 0 Å². The summed E-state index contributed by atoms with van der Waals surface area (Å²) in [6.45, 7) is 9.42. The molecule has 0 saturated heterocycles. The van der Waals surface area contributed by atoms with Crippen molar-refractivity contribution in [2.24, 2.45) is 0 Å². The van der Waals surface area contributed by atoms with Crippen molar-refractivity contribution in [3.05, 3.63) is 70.3 Å². The van der Waals surface area contributed by atoms with Crippen molar-refractivity contribution in [3.63, 3.8) is 0 Å². The van der Waals surface area contributed by atoms with Crippen LogP contribution in [-0.4, -0.2) is 28.8 Å². The van der Waals surface area contributed by atoms with E-state index in [1.165, 1.54) is 64.1 Å². The highest BCUT2D eigenvalue weighted by molar-refractivity contribution is 5.85. The molecule has 10 heteroatoms. The van der Waals surface area contributed by atoms with Gasteiger partial charge in [-0.15, -0.1) is 12.3 Å². The average molecular weight is 565 g/mol. The first kappa shape index (κ1) is 34.1. The minimum Gasteiger partial charge on any atom is -0.380 e. The van der Waals surface area contributed by atoms with Crippen molar-refractivity contribution in [3.8, 4) is 12.3 Å². The van der Waals surface area contributed by atoms with Crippen LogP contribution in [0.4, 0.5) is 35.1 Å². The van der Waals surface area contributed by atoms with Crippen LogP contribution in [0.2, 0.25) is 0 Å². The van der Waals surface area contributed by atoms with Gasteiger partial charge in [0.2, 0.25) is 5.78 Å². The lowest BCUT2D eigenvalue weighted by atomic mass is 9.72. The molecule has 2 rings (SSSR count). The predicted octanol–water partition coefficient (Wildman–Crippen LogP) is 8.05. The SMILES string of the molecule is C#CCC(O)(CC(C)(C)c1cc(F)ccc1C)C(F)(F)F.Cc1ccc(F)cc1C(C)(C)CC(=O)C(F)(F)F. The molecule has 2 aromatic rings. The first-order chi connectivity index (χ1) is 17.5. The molecule has 0 spiro atoms. The van der Waals surface area contributed by atoms with Crippen LogP contribution in [0.3, 0.4) is 0 Å². The number of benzene rings is 2. The van der Waals surface area contributed by atoms with Crippen molar-refractivity contribution in [2.75, 3.05) is 0 Å². The van der Waals surface area contributed by atoms with Crippen molar-refractivity contribution in [1.29, 1.82) is 0 Å². The number of aliphatic hydroxyl groups is 1. The zero-order valence-corrected chi connectivity index (χ0v) is 22.5. The standard InChI is InChI=1S/C16H18F4O.C13H14F4O/c1-5-8-15(21,16(18,19)20)10-14(3,4)13-9-12(17)7-6-11(13)2;1-8-4-5-9(14)6-10(8)12(2,3)7-11(18)13(15,16)17/h1,6-7,9,21H,8,10H2,2-4H3;4-6H,7H2,1-3H3. The van der Waals surface area contributed by atoms with Crippen molar-refractivity contribution >= 4 is 5.78 Å². The second-order valence-corrected chi connectivity index (χ2v) is 10.9. The average Bonchev–Trinajstić information content (AvgIpc) is 2.75. The van der Waals surface area contributed by atoms with E-state index >= 15 is 0 Å². The summed E-state index contributed by atoms with van der Waals surface area (Å²) in [5, 5.41) is 9.94. The van der Waals surface area contributed by atoms with E-state index in [2.05, 4.69) is 0 Å². The highest BCUT2D eigenvalue weighted by Gasteiger charge is 2.55. The smallest absolute Gasteiger partial charge is 0.380 e. The Hall–Kier alpha value is -2.93. The summed E-state index contributed by atoms with van der Waals surface area (Å²) in [7, 11) is 0. The molecule has 0 radical (unpaired) electrons. The molecule has 0 aliphatic rings. The predicted molar refractivity (Wildman–Crippen MR) is 133 cm³/mol. The van der Waals surface area contributed by atoms with Gasteiger partial charge in [0.25, 0.3) is 0 Å². The van der Waals surface area contributed by atoms with Crippen LogP contribution in [0.25, 0.3) is 0 Å². The van der Waals surface area contributed by atoms with Crippen LogP contribution in [0.5, 0.6) is 0 Å². The van der Waals surface area contributed by atoms with Crippen LogP contribution in [0.15, 0.2) is 36.4 Å². The van der Waals surface area contributed by atoms with E-state index in [-0.39, 0.29) is 0 Å². The Bertz CT molecular complexity index is 1200. The number of ketones is 1. The summed E-state index contributed by atoms with van der Waals surface area (Å²) in [6, 6.07) is 7.85. The Balaban J connectivity index is 0.000000395. The lowest BCUT2D eigenvalue weighted by Gasteiger charge is -2.37. The molecular formula is C29H32F8O2. The number of carbonyl (C=O) groups excluding carboxylic acids is 1. The normalized spacial score (nSPS) is 14.1. The highest BCUT2D eigenvalue weighted by atomic mass is 19.4. The molecule has 39 heavy (non-hydrogen) atoms. The summed E-state index contributed by atoms with van der Waals surface area (Å²) < 4.78 is 103. The number of Topliss-reactive ketones (excluding diaryl/α,β-unsaturated/α-hetero) is 1. The number of hydrogen-bond donors (Lipinski definition) is 1. The second kappa shape index (κ2) is 12.1. The number of rotatable bonds is 7. The Labute approximate surface area is 223 Å². The zero-order chi connectivity index (χ0) is 30.6. The summed E-state index contributed by atoms with van der Waals surface area (Å²) in [5.74, 6) is -0.981. The van der Waals surface area contributed by atoms with Gasteiger partial charge < -0.3 is 5.11 Å². The summed E-state index contributed by atoms with van der Waals surface area (Å²) in [4.78, 5) is 11.0. The minimum atomic E-state index is -4.85. The quantitative estimate of drug-likeness (QED) is 0.273. The Morgan fingerprint density at radius 1 is 0.821 bits per heavy atom. The number of carbonyl (C=O) groups is 1. The van der Waals surface area contributed by atoms with E-state index in [1.807, 2.05) is 5.92 Å². The fourth-order valence-electron chi connectivity index (χ4n) is 4.50. The fourth-order valence-corrected chi connectivity index (χ4v) is 4.50. The van der Waals surface area contributed by atoms with Crippen molar-refractivity contribution in [1.82, 2.24) is 0 Å². The first-order valence-corrected chi connectivity index (χ1v) is 11.8. The van der Waals surface area contributed by atoms with Gasteiger partial charge in [0.1, 0.15) is 11.6 Å². The molecule has 1 atom stereocenters. The van der Waals surface area contributed by atoms with E-state index in [9.17, 15) is 45.0 Å². The molecule has 0 fully saturated rings. The number of terminal acetylenes is 1. The molecule has 0 saturated carbocycles. The van der Waals surface area contributed by atoms with Crippen LogP contribution in [-0.2, 0) is 15.6 Å². The van der Waals surface area contributed by atoms with Gasteiger partial charge in [-0.25, -0.2) is 8.78 Å². The lowest BCUT2D eigenvalue weighted by molar-refractivity contribution is -0.264. The van der Waals surface area contributed by atoms with Crippen molar-refractivity contribution in [2.45, 2.75) is 89.6 Å². The van der Waals surface area contributed by atoms with Gasteiger partial charge in [0, 0.05) is 12.8 Å². The molecule has 2 aromatic carbocycles. The number of aryl methyl sites for hydroxylation is 2. The maximum absolute atomic E-state index is 13.4. The van der Waals surface area contributed by atoms with E-state index in [4.69, 9.17) is 6.42 Å². The van der Waals surface area contributed by atoms with Gasteiger partial charge in [0.05, 0.1) is 0 Å². The van der Waals surface area contributed by atoms with Gasteiger partial charge in [-0.3, -0.25) is 4.79 Å². The molecule has 1 N–H and O–H groups in total. The topological polar surface area (TPSA) is 37.3 Å². The molecule has 1 unspecified atom stereocenters. The largest absolute Gasteiger partial charge is 0.450 e. The van der Waals surface area contributed by atoms with Crippen molar-refractivity contribution < 1.29 is 45.0 Å². The van der Waals surface area contributed by atoms with Crippen LogP contribution in [0, 0.1) is 37.8 Å². The molecule has 0 aliphatic heterocycles. The third kappa shape index (κ3) is 9.06. The number of halogens is 8. The third-order valence-corrected chi connectivity index (χ3v) is 6.43. The molecule has 0 amide bonds. The van der Waals surface area contributed by atoms with Crippen LogP contribution < -0.4 is 0 Å². The molecule has 2 nitrogen and oxygen atoms in total. The molecule has 0 aliphatic carbocycles. The molecular weight excluding hydrogens is 532 g/mol. The van der Waals surface area contributed by atoms with E-state index in [0.29, 0.717) is 22.3 Å². The van der Waals surface area contributed by atoms with E-state index < -0.39 is 65.5 Å². The zero-order valence-electron chi connectivity index (χ0n) is 22.5. The molecule has 0 aromatic heterocycles. The summed E-state index contributed by atoms with van der Waals surface area (Å²) >= 11 is 0. The fraction of sp³-hybridized carbons (Fsp3) is 0.483. The highest BCUT2D eigenvalue weighted by Crippen LogP contribution is 2.43. The summed E-state index contributed by atoms with van der Waals surface area (Å²) in [6.07, 6.45) is -6.92. The first-order valence-electron chi connectivity index (χ1n) is 11.8. The minimum absolute atomic E-state index is 0.417. The third-order valence-electron chi connectivity index (χ3n) is 6.43. The Kier molecular flexibility index (Phi) is 10.6. The van der Waals surface area contributed by atoms with Gasteiger partial charge in [0.15, 0.2) is 5.60 Å². The Morgan fingerprint density at radius 2 is 1.23 bits per heavy atom. The van der Waals surface area contributed by atoms with Gasteiger partial charge in [-0.05, 0) is 77.6 Å². The van der Waals surface area contributed by atoms with Crippen LogP contribution in [0.1, 0.15) is 69.2 Å². The number of alkyl halides is 6. The number of hydrogen-bond acceptors (Lipinski definition) is 2. The second-order valence-electron chi connectivity index (χ2n) is 10.9. The molecule has 216 valence electrons. The lowest BCUT2D eigenvalue weighted by Crippen LogP contribution is -2.49. The van der Waals surface area contributed by atoms with Gasteiger partial charge in [-0.1, -0.05) is 39.8 Å². The van der Waals surface area contributed by atoms with E-state index in [1.54, 1.807) is 13.8 Å². The van der Waals surface area contributed by atoms with Crippen LogP contribution >= 0.6 is 0 Å². The maximum atomic E-state index is 13.4. The molecule has 0 bridgehead atoms.